The molecule has 0 amide bonds. The van der Waals surface area contributed by atoms with E-state index >= 15 is 0 Å². The molecule has 0 saturated heterocycles. The SMILES string of the molecule is CCCNC1CCCC(Sc2ncccc2Br)C1. The molecule has 0 aromatic carbocycles. The summed E-state index contributed by atoms with van der Waals surface area (Å²) in [5.41, 5.74) is 0. The Labute approximate surface area is 122 Å². The normalized spacial score (nSPS) is 24.1. The van der Waals surface area contributed by atoms with E-state index in [0.29, 0.717) is 11.3 Å². The maximum Gasteiger partial charge on any atom is 0.110 e. The summed E-state index contributed by atoms with van der Waals surface area (Å²) >= 11 is 5.51. The van der Waals surface area contributed by atoms with E-state index in [9.17, 15) is 0 Å². The van der Waals surface area contributed by atoms with Gasteiger partial charge in [0, 0.05) is 22.0 Å². The number of pyridine rings is 1. The molecule has 0 radical (unpaired) electrons. The minimum absolute atomic E-state index is 0.707. The number of hydrogen-bond donors (Lipinski definition) is 1. The first-order chi connectivity index (χ1) is 8.79. The van der Waals surface area contributed by atoms with Crippen molar-refractivity contribution in [3.63, 3.8) is 0 Å². The van der Waals surface area contributed by atoms with Crippen molar-refractivity contribution in [2.24, 2.45) is 0 Å². The lowest BCUT2D eigenvalue weighted by Gasteiger charge is -2.29. The van der Waals surface area contributed by atoms with Crippen molar-refractivity contribution in [3.8, 4) is 0 Å². The number of halogens is 1. The predicted octanol–water partition coefficient (Wildman–Crippen LogP) is 4.25. The molecular formula is C14H21BrN2S. The van der Waals surface area contributed by atoms with Crippen LogP contribution in [0.4, 0.5) is 0 Å². The number of thioether (sulfide) groups is 1. The Bertz CT molecular complexity index is 373. The number of rotatable bonds is 5. The van der Waals surface area contributed by atoms with Crippen molar-refractivity contribution in [3.05, 3.63) is 22.8 Å². The van der Waals surface area contributed by atoms with Crippen LogP contribution in [0.1, 0.15) is 39.0 Å². The standard InChI is InChI=1S/C14H21BrN2S/c1-2-8-16-11-5-3-6-12(10-11)18-14-13(15)7-4-9-17-14/h4,7,9,11-12,16H,2-3,5-6,8,10H2,1H3. The van der Waals surface area contributed by atoms with Crippen LogP contribution in [0.3, 0.4) is 0 Å². The van der Waals surface area contributed by atoms with Gasteiger partial charge in [-0.05, 0) is 60.3 Å². The zero-order chi connectivity index (χ0) is 12.8. The second kappa shape index (κ2) is 7.51. The Morgan fingerprint density at radius 3 is 3.17 bits per heavy atom. The summed E-state index contributed by atoms with van der Waals surface area (Å²) in [4.78, 5) is 4.46. The molecule has 0 spiro atoms. The van der Waals surface area contributed by atoms with Crippen LogP contribution >= 0.6 is 27.7 Å². The van der Waals surface area contributed by atoms with Crippen molar-refractivity contribution >= 4 is 27.7 Å². The molecule has 1 N–H and O–H groups in total. The van der Waals surface area contributed by atoms with Crippen molar-refractivity contribution in [2.45, 2.75) is 55.3 Å². The van der Waals surface area contributed by atoms with Gasteiger partial charge in [0.25, 0.3) is 0 Å². The Morgan fingerprint density at radius 1 is 1.50 bits per heavy atom. The molecule has 1 aliphatic carbocycles. The largest absolute Gasteiger partial charge is 0.314 e. The van der Waals surface area contributed by atoms with Gasteiger partial charge in [-0.1, -0.05) is 13.3 Å². The van der Waals surface area contributed by atoms with Gasteiger partial charge >= 0.3 is 0 Å². The molecule has 18 heavy (non-hydrogen) atoms. The highest BCUT2D eigenvalue weighted by molar-refractivity contribution is 9.10. The molecule has 2 rings (SSSR count). The number of hydrogen-bond acceptors (Lipinski definition) is 3. The molecule has 1 heterocycles. The first-order valence-corrected chi connectivity index (χ1v) is 8.47. The molecule has 1 aliphatic rings. The first-order valence-electron chi connectivity index (χ1n) is 6.80. The second-order valence-corrected chi connectivity index (χ2v) is 6.99. The van der Waals surface area contributed by atoms with Crippen LogP contribution in [0.5, 0.6) is 0 Å². The zero-order valence-corrected chi connectivity index (χ0v) is 13.3. The van der Waals surface area contributed by atoms with Crippen LogP contribution < -0.4 is 5.32 Å². The van der Waals surface area contributed by atoms with E-state index in [1.165, 1.54) is 32.1 Å². The summed E-state index contributed by atoms with van der Waals surface area (Å²) in [6.45, 7) is 3.38. The molecule has 2 unspecified atom stereocenters. The van der Waals surface area contributed by atoms with E-state index in [4.69, 9.17) is 0 Å². The van der Waals surface area contributed by atoms with Gasteiger partial charge in [0.05, 0.1) is 0 Å². The third-order valence-corrected chi connectivity index (χ3v) is 5.52. The van der Waals surface area contributed by atoms with Crippen LogP contribution in [0.25, 0.3) is 0 Å². The zero-order valence-electron chi connectivity index (χ0n) is 10.9. The maximum absolute atomic E-state index is 4.46. The van der Waals surface area contributed by atoms with Crippen LogP contribution in [0.15, 0.2) is 27.8 Å². The topological polar surface area (TPSA) is 24.9 Å². The maximum atomic E-state index is 4.46. The molecule has 1 fully saturated rings. The second-order valence-electron chi connectivity index (χ2n) is 4.85. The van der Waals surface area contributed by atoms with E-state index in [1.54, 1.807) is 0 Å². The smallest absolute Gasteiger partial charge is 0.110 e. The van der Waals surface area contributed by atoms with E-state index in [-0.39, 0.29) is 0 Å². The summed E-state index contributed by atoms with van der Waals surface area (Å²) in [7, 11) is 0. The average Bonchev–Trinajstić information content (AvgIpc) is 2.40. The van der Waals surface area contributed by atoms with Gasteiger partial charge in [-0.25, -0.2) is 4.98 Å². The number of nitrogens with one attached hydrogen (secondary N) is 1. The fourth-order valence-electron chi connectivity index (χ4n) is 2.40. The first kappa shape index (κ1) is 14.4. The lowest BCUT2D eigenvalue weighted by Crippen LogP contribution is -2.35. The molecule has 0 bridgehead atoms. The Morgan fingerprint density at radius 2 is 2.39 bits per heavy atom. The third kappa shape index (κ3) is 4.25. The van der Waals surface area contributed by atoms with E-state index in [2.05, 4.69) is 39.2 Å². The van der Waals surface area contributed by atoms with Gasteiger partial charge in [0.2, 0.25) is 0 Å². The highest BCUT2D eigenvalue weighted by atomic mass is 79.9. The van der Waals surface area contributed by atoms with Crippen molar-refractivity contribution in [1.82, 2.24) is 10.3 Å². The number of nitrogens with zero attached hydrogens (tertiary/aromatic N) is 1. The van der Waals surface area contributed by atoms with Gasteiger partial charge in [-0.3, -0.25) is 0 Å². The fourth-order valence-corrected chi connectivity index (χ4v) is 4.17. The highest BCUT2D eigenvalue weighted by Gasteiger charge is 2.23. The summed E-state index contributed by atoms with van der Waals surface area (Å²) in [5.74, 6) is 0. The minimum atomic E-state index is 0.707. The highest BCUT2D eigenvalue weighted by Crippen LogP contribution is 2.35. The minimum Gasteiger partial charge on any atom is -0.314 e. The van der Waals surface area contributed by atoms with Gasteiger partial charge in [-0.2, -0.15) is 0 Å². The quantitative estimate of drug-likeness (QED) is 0.874. The van der Waals surface area contributed by atoms with Gasteiger partial charge in [-0.15, -0.1) is 11.8 Å². The molecule has 1 saturated carbocycles. The van der Waals surface area contributed by atoms with Gasteiger partial charge in [0.15, 0.2) is 0 Å². The summed E-state index contributed by atoms with van der Waals surface area (Å²) < 4.78 is 1.12. The van der Waals surface area contributed by atoms with E-state index < -0.39 is 0 Å². The third-order valence-electron chi connectivity index (χ3n) is 3.31. The Balaban J connectivity index is 1.87. The molecule has 4 heteroatoms. The fraction of sp³-hybridized carbons (Fsp3) is 0.643. The lowest BCUT2D eigenvalue weighted by molar-refractivity contribution is 0.381. The monoisotopic (exact) mass is 328 g/mol. The summed E-state index contributed by atoms with van der Waals surface area (Å²) in [6.07, 6.45) is 8.36. The van der Waals surface area contributed by atoms with Crippen molar-refractivity contribution in [2.75, 3.05) is 6.54 Å². The van der Waals surface area contributed by atoms with Crippen LogP contribution in [-0.2, 0) is 0 Å². The van der Waals surface area contributed by atoms with Crippen molar-refractivity contribution < 1.29 is 0 Å². The molecule has 1 aromatic heterocycles. The Kier molecular flexibility index (Phi) is 5.99. The van der Waals surface area contributed by atoms with Gasteiger partial charge < -0.3 is 5.32 Å². The molecule has 1 aromatic rings. The molecule has 0 aliphatic heterocycles. The molecule has 2 atom stereocenters. The van der Waals surface area contributed by atoms with E-state index in [0.717, 1.165) is 16.0 Å². The van der Waals surface area contributed by atoms with Gasteiger partial charge in [0.1, 0.15) is 5.03 Å². The predicted molar refractivity (Wildman–Crippen MR) is 82.1 cm³/mol. The lowest BCUT2D eigenvalue weighted by atomic mass is 9.95. The molecule has 100 valence electrons. The van der Waals surface area contributed by atoms with Crippen LogP contribution in [0, 0.1) is 0 Å². The van der Waals surface area contributed by atoms with Crippen LogP contribution in [0.2, 0.25) is 0 Å². The van der Waals surface area contributed by atoms with Crippen molar-refractivity contribution in [1.29, 1.82) is 0 Å². The number of aromatic nitrogens is 1. The summed E-state index contributed by atoms with van der Waals surface area (Å²) in [5, 5.41) is 5.50. The van der Waals surface area contributed by atoms with Crippen LogP contribution in [-0.4, -0.2) is 22.8 Å². The molecule has 2 nitrogen and oxygen atoms in total. The Hall–Kier alpha value is -0.0600. The average molecular weight is 329 g/mol. The summed E-state index contributed by atoms with van der Waals surface area (Å²) in [6, 6.07) is 4.75. The molecular weight excluding hydrogens is 308 g/mol. The van der Waals surface area contributed by atoms with E-state index in [1.807, 2.05) is 24.0 Å².